The molecule has 2 saturated carbocycles. The number of benzene rings is 3. The van der Waals surface area contributed by atoms with E-state index in [0.29, 0.717) is 40.6 Å². The van der Waals surface area contributed by atoms with Crippen molar-refractivity contribution >= 4 is 23.3 Å². The standard InChI is InChI=1S/C29H28N2O3/c1-34-29(33)21-9-5-6-10-23(21)31-28(32)20-13-14-24-22(16-20)25-18-11-12-19(15-18)26(25)27(30-24)17-7-3-2-4-8-17/h2-10,13-14,16,18-19,25-27,30H,11-12,15H2,1H3,(H,31,32)/t18-,19-,25-,26-,27-/m0/s1. The smallest absolute Gasteiger partial charge is 0.339 e. The van der Waals surface area contributed by atoms with Crippen molar-refractivity contribution in [2.45, 2.75) is 31.2 Å². The van der Waals surface area contributed by atoms with Crippen molar-refractivity contribution in [2.75, 3.05) is 17.7 Å². The summed E-state index contributed by atoms with van der Waals surface area (Å²) in [7, 11) is 1.34. The molecule has 3 aromatic carbocycles. The molecule has 0 aromatic heterocycles. The number of carbonyl (C=O) groups is 2. The Kier molecular flexibility index (Phi) is 5.13. The molecule has 1 heterocycles. The number of hydrogen-bond acceptors (Lipinski definition) is 4. The monoisotopic (exact) mass is 452 g/mol. The van der Waals surface area contributed by atoms with Gasteiger partial charge in [0.25, 0.3) is 5.91 Å². The van der Waals surface area contributed by atoms with E-state index >= 15 is 0 Å². The first-order valence-corrected chi connectivity index (χ1v) is 12.1. The predicted molar refractivity (Wildman–Crippen MR) is 132 cm³/mol. The maximum Gasteiger partial charge on any atom is 0.339 e. The van der Waals surface area contributed by atoms with Crippen LogP contribution in [-0.4, -0.2) is 19.0 Å². The average molecular weight is 453 g/mol. The zero-order valence-electron chi connectivity index (χ0n) is 19.2. The summed E-state index contributed by atoms with van der Waals surface area (Å²) in [4.78, 5) is 25.3. The second-order valence-electron chi connectivity index (χ2n) is 9.76. The lowest BCUT2D eigenvalue weighted by atomic mass is 9.68. The van der Waals surface area contributed by atoms with E-state index in [1.807, 2.05) is 6.07 Å². The SMILES string of the molecule is COC(=O)c1ccccc1NC(=O)c1ccc2c(c1)[C@@H]1[C@H]3CC[C@@H](C3)[C@@H]1[C@H](c1ccccc1)N2. The number of carbonyl (C=O) groups excluding carboxylic acids is 2. The minimum absolute atomic E-state index is 0.218. The highest BCUT2D eigenvalue weighted by Gasteiger charge is 2.53. The Morgan fingerprint density at radius 1 is 0.941 bits per heavy atom. The molecule has 0 radical (unpaired) electrons. The van der Waals surface area contributed by atoms with E-state index in [1.54, 1.807) is 24.3 Å². The average Bonchev–Trinajstić information content (AvgIpc) is 3.51. The second kappa shape index (κ2) is 8.32. The van der Waals surface area contributed by atoms with Crippen LogP contribution in [0.5, 0.6) is 0 Å². The molecule has 1 aliphatic heterocycles. The summed E-state index contributed by atoms with van der Waals surface area (Å²) >= 11 is 0. The first kappa shape index (κ1) is 21.0. The molecule has 1 amide bonds. The molecular weight excluding hydrogens is 424 g/mol. The number of anilines is 2. The molecule has 2 fully saturated rings. The molecule has 5 atom stereocenters. The van der Waals surface area contributed by atoms with E-state index in [1.165, 1.54) is 37.5 Å². The van der Waals surface area contributed by atoms with Crippen LogP contribution in [0.3, 0.4) is 0 Å². The summed E-state index contributed by atoms with van der Waals surface area (Å²) in [5, 5.41) is 6.74. The number of esters is 1. The van der Waals surface area contributed by atoms with E-state index < -0.39 is 5.97 Å². The molecular formula is C29H28N2O3. The van der Waals surface area contributed by atoms with E-state index in [9.17, 15) is 9.59 Å². The molecule has 5 nitrogen and oxygen atoms in total. The topological polar surface area (TPSA) is 67.4 Å². The third kappa shape index (κ3) is 3.38. The van der Waals surface area contributed by atoms with Gasteiger partial charge in [0.2, 0.25) is 0 Å². The highest BCUT2D eigenvalue weighted by molar-refractivity contribution is 6.08. The zero-order chi connectivity index (χ0) is 23.2. The minimum Gasteiger partial charge on any atom is -0.465 e. The Morgan fingerprint density at radius 3 is 2.53 bits per heavy atom. The van der Waals surface area contributed by atoms with Crippen molar-refractivity contribution in [1.82, 2.24) is 0 Å². The number of nitrogens with one attached hydrogen (secondary N) is 2. The minimum atomic E-state index is -0.470. The van der Waals surface area contributed by atoms with Crippen molar-refractivity contribution in [3.05, 3.63) is 95.1 Å². The van der Waals surface area contributed by atoms with Gasteiger partial charge in [-0.25, -0.2) is 4.79 Å². The Balaban J connectivity index is 1.33. The van der Waals surface area contributed by atoms with Crippen molar-refractivity contribution < 1.29 is 14.3 Å². The van der Waals surface area contributed by atoms with Gasteiger partial charge in [-0.2, -0.15) is 0 Å². The van der Waals surface area contributed by atoms with Crippen molar-refractivity contribution in [1.29, 1.82) is 0 Å². The van der Waals surface area contributed by atoms with Crippen LogP contribution >= 0.6 is 0 Å². The van der Waals surface area contributed by atoms with Crippen LogP contribution in [0.15, 0.2) is 72.8 Å². The molecule has 0 saturated heterocycles. The maximum atomic E-state index is 13.2. The third-order valence-corrected chi connectivity index (χ3v) is 8.09. The Labute approximate surface area is 199 Å². The lowest BCUT2D eigenvalue weighted by Gasteiger charge is -2.43. The number of amides is 1. The molecule has 2 aliphatic carbocycles. The van der Waals surface area contributed by atoms with Gasteiger partial charge in [0.15, 0.2) is 0 Å². The molecule has 34 heavy (non-hydrogen) atoms. The van der Waals surface area contributed by atoms with Gasteiger partial charge >= 0.3 is 5.97 Å². The van der Waals surface area contributed by atoms with E-state index in [-0.39, 0.29) is 5.91 Å². The van der Waals surface area contributed by atoms with Gasteiger partial charge in [-0.1, -0.05) is 42.5 Å². The van der Waals surface area contributed by atoms with Crippen molar-refractivity contribution in [3.8, 4) is 0 Å². The van der Waals surface area contributed by atoms with Gasteiger partial charge in [-0.15, -0.1) is 0 Å². The van der Waals surface area contributed by atoms with Crippen LogP contribution in [0.25, 0.3) is 0 Å². The molecule has 0 unspecified atom stereocenters. The summed E-state index contributed by atoms with van der Waals surface area (Å²) in [5.41, 5.74) is 5.15. The number of para-hydroxylation sites is 1. The quantitative estimate of drug-likeness (QED) is 0.475. The van der Waals surface area contributed by atoms with Crippen LogP contribution in [0, 0.1) is 17.8 Å². The number of hydrogen-bond donors (Lipinski definition) is 2. The van der Waals surface area contributed by atoms with Crippen molar-refractivity contribution in [2.24, 2.45) is 17.8 Å². The first-order valence-electron chi connectivity index (χ1n) is 12.1. The molecule has 0 spiro atoms. The van der Waals surface area contributed by atoms with Gasteiger partial charge in [-0.3, -0.25) is 4.79 Å². The van der Waals surface area contributed by atoms with Crippen LogP contribution < -0.4 is 10.6 Å². The summed E-state index contributed by atoms with van der Waals surface area (Å²) in [6, 6.07) is 24.0. The predicted octanol–water partition coefficient (Wildman–Crippen LogP) is 6.02. The summed E-state index contributed by atoms with van der Waals surface area (Å²) in [6.45, 7) is 0. The van der Waals surface area contributed by atoms with E-state index in [4.69, 9.17) is 4.74 Å². The van der Waals surface area contributed by atoms with Gasteiger partial charge in [0.1, 0.15) is 0 Å². The lowest BCUT2D eigenvalue weighted by molar-refractivity contribution is 0.0602. The highest BCUT2D eigenvalue weighted by atomic mass is 16.5. The normalized spacial score (nSPS) is 26.2. The molecule has 3 aromatic rings. The summed E-state index contributed by atoms with van der Waals surface area (Å²) in [6.07, 6.45) is 3.86. The van der Waals surface area contributed by atoms with Gasteiger partial charge in [0.05, 0.1) is 24.4 Å². The fourth-order valence-electron chi connectivity index (χ4n) is 6.69. The summed E-state index contributed by atoms with van der Waals surface area (Å²) in [5.74, 6) is 1.74. The van der Waals surface area contributed by atoms with E-state index in [2.05, 4.69) is 53.1 Å². The second-order valence-corrected chi connectivity index (χ2v) is 9.76. The molecule has 6 rings (SSSR count). The maximum absolute atomic E-state index is 13.2. The van der Waals surface area contributed by atoms with Crippen molar-refractivity contribution in [3.63, 3.8) is 0 Å². The Morgan fingerprint density at radius 2 is 1.71 bits per heavy atom. The fraction of sp³-hybridized carbons (Fsp3) is 0.310. The molecule has 5 heteroatoms. The molecule has 172 valence electrons. The molecule has 2 N–H and O–H groups in total. The zero-order valence-corrected chi connectivity index (χ0v) is 19.2. The van der Waals surface area contributed by atoms with Gasteiger partial charge in [-0.05, 0) is 84.4 Å². The van der Waals surface area contributed by atoms with Crippen LogP contribution in [0.1, 0.15) is 63.1 Å². The largest absolute Gasteiger partial charge is 0.465 e. The van der Waals surface area contributed by atoms with E-state index in [0.717, 1.165) is 11.6 Å². The molecule has 3 aliphatic rings. The molecule has 2 bridgehead atoms. The van der Waals surface area contributed by atoms with Crippen LogP contribution in [0.4, 0.5) is 11.4 Å². The number of rotatable bonds is 4. The number of methoxy groups -OCH3 is 1. The third-order valence-electron chi connectivity index (χ3n) is 8.09. The van der Waals surface area contributed by atoms with Gasteiger partial charge < -0.3 is 15.4 Å². The lowest BCUT2D eigenvalue weighted by Crippen LogP contribution is -2.35. The Bertz CT molecular complexity index is 1260. The first-order chi connectivity index (χ1) is 16.6. The Hall–Kier alpha value is -3.60. The fourth-order valence-corrected chi connectivity index (χ4v) is 6.69. The summed E-state index contributed by atoms with van der Waals surface area (Å²) < 4.78 is 4.86. The highest BCUT2D eigenvalue weighted by Crippen LogP contribution is 2.63. The number of ether oxygens (including phenoxy) is 1. The van der Waals surface area contributed by atoms with Gasteiger partial charge in [0, 0.05) is 11.3 Å². The number of fused-ring (bicyclic) bond motifs is 7. The van der Waals surface area contributed by atoms with Crippen LogP contribution in [-0.2, 0) is 4.74 Å². The van der Waals surface area contributed by atoms with Crippen LogP contribution in [0.2, 0.25) is 0 Å².